The highest BCUT2D eigenvalue weighted by molar-refractivity contribution is 5.73. The molecular weight excluding hydrogens is 226 g/mol. The van der Waals surface area contributed by atoms with E-state index in [-0.39, 0.29) is 6.04 Å². The number of carboxylic acids is 1. The Morgan fingerprint density at radius 1 is 1.39 bits per heavy atom. The van der Waals surface area contributed by atoms with E-state index in [1.54, 1.807) is 0 Å². The van der Waals surface area contributed by atoms with Crippen LogP contribution in [-0.2, 0) is 4.79 Å². The van der Waals surface area contributed by atoms with Gasteiger partial charge in [-0.25, -0.2) is 0 Å². The normalized spacial score (nSPS) is 14.6. The Bertz CT molecular complexity index is 429. The summed E-state index contributed by atoms with van der Waals surface area (Å²) in [5.41, 5.74) is 3.65. The third-order valence-corrected chi connectivity index (χ3v) is 3.65. The van der Waals surface area contributed by atoms with Gasteiger partial charge in [-0.15, -0.1) is 0 Å². The van der Waals surface area contributed by atoms with Crippen molar-refractivity contribution in [3.05, 3.63) is 34.9 Å². The first-order valence-corrected chi connectivity index (χ1v) is 6.40. The number of rotatable bonds is 5. The molecule has 0 radical (unpaired) electrons. The molecule has 1 rings (SSSR count). The van der Waals surface area contributed by atoms with E-state index in [0.29, 0.717) is 6.42 Å². The van der Waals surface area contributed by atoms with Crippen molar-refractivity contribution in [1.82, 2.24) is 4.90 Å². The Kier molecular flexibility index (Phi) is 4.91. The summed E-state index contributed by atoms with van der Waals surface area (Å²) in [5, 5.41) is 9.21. The van der Waals surface area contributed by atoms with Crippen LogP contribution in [0.3, 0.4) is 0 Å². The highest BCUT2D eigenvalue weighted by atomic mass is 16.4. The smallest absolute Gasteiger partial charge is 0.320 e. The number of likely N-dealkylation sites (N-methyl/N-ethyl adjacent to an activating group) is 1. The van der Waals surface area contributed by atoms with Gasteiger partial charge in [-0.1, -0.05) is 30.7 Å². The number of aryl methyl sites for hydroxylation is 2. The molecule has 0 saturated carbocycles. The monoisotopic (exact) mass is 249 g/mol. The molecule has 2 atom stereocenters. The molecule has 0 fully saturated rings. The van der Waals surface area contributed by atoms with E-state index >= 15 is 0 Å². The van der Waals surface area contributed by atoms with Crippen molar-refractivity contribution < 1.29 is 9.90 Å². The summed E-state index contributed by atoms with van der Waals surface area (Å²) < 4.78 is 0. The first-order valence-electron chi connectivity index (χ1n) is 6.40. The number of carbonyl (C=O) groups is 1. The van der Waals surface area contributed by atoms with Gasteiger partial charge in [-0.2, -0.15) is 0 Å². The number of benzene rings is 1. The standard InChI is InChI=1S/C15H23NO2/c1-6-14(15(17)18)16(5)12(4)13-8-7-10(2)9-11(13)3/h7-9,12,14H,6H2,1-5H3,(H,17,18). The quantitative estimate of drug-likeness (QED) is 0.871. The Balaban J connectivity index is 2.98. The summed E-state index contributed by atoms with van der Waals surface area (Å²) in [6, 6.07) is 5.99. The Morgan fingerprint density at radius 2 is 2.00 bits per heavy atom. The second kappa shape index (κ2) is 6.01. The number of nitrogens with zero attached hydrogens (tertiary/aromatic N) is 1. The zero-order chi connectivity index (χ0) is 13.9. The lowest BCUT2D eigenvalue weighted by atomic mass is 9.98. The largest absolute Gasteiger partial charge is 0.480 e. The van der Waals surface area contributed by atoms with Crippen LogP contribution in [0.15, 0.2) is 18.2 Å². The summed E-state index contributed by atoms with van der Waals surface area (Å²) in [7, 11) is 1.88. The van der Waals surface area contributed by atoms with Crippen molar-refractivity contribution >= 4 is 5.97 Å². The summed E-state index contributed by atoms with van der Waals surface area (Å²) in [6.07, 6.45) is 0.612. The lowest BCUT2D eigenvalue weighted by Gasteiger charge is -2.31. The van der Waals surface area contributed by atoms with E-state index in [4.69, 9.17) is 0 Å². The van der Waals surface area contributed by atoms with Crippen LogP contribution in [-0.4, -0.2) is 29.1 Å². The van der Waals surface area contributed by atoms with Crippen LogP contribution in [0.4, 0.5) is 0 Å². The van der Waals surface area contributed by atoms with Gasteiger partial charge in [-0.3, -0.25) is 9.69 Å². The highest BCUT2D eigenvalue weighted by Crippen LogP contribution is 2.25. The molecule has 1 N–H and O–H groups in total. The van der Waals surface area contributed by atoms with Crippen LogP contribution in [0.1, 0.15) is 43.0 Å². The third kappa shape index (κ3) is 3.10. The molecule has 2 unspecified atom stereocenters. The van der Waals surface area contributed by atoms with Crippen LogP contribution in [0.2, 0.25) is 0 Å². The van der Waals surface area contributed by atoms with Gasteiger partial charge in [0.25, 0.3) is 0 Å². The molecule has 3 nitrogen and oxygen atoms in total. The van der Waals surface area contributed by atoms with E-state index in [2.05, 4.69) is 39.0 Å². The lowest BCUT2D eigenvalue weighted by Crippen LogP contribution is -2.39. The zero-order valence-electron chi connectivity index (χ0n) is 11.9. The van der Waals surface area contributed by atoms with E-state index < -0.39 is 12.0 Å². The summed E-state index contributed by atoms with van der Waals surface area (Å²) in [6.45, 7) is 8.11. The van der Waals surface area contributed by atoms with Crippen molar-refractivity contribution in [3.63, 3.8) is 0 Å². The van der Waals surface area contributed by atoms with Crippen LogP contribution >= 0.6 is 0 Å². The van der Waals surface area contributed by atoms with Crippen LogP contribution in [0.5, 0.6) is 0 Å². The highest BCUT2D eigenvalue weighted by Gasteiger charge is 2.25. The summed E-state index contributed by atoms with van der Waals surface area (Å²) in [4.78, 5) is 13.1. The molecule has 18 heavy (non-hydrogen) atoms. The van der Waals surface area contributed by atoms with Crippen LogP contribution in [0.25, 0.3) is 0 Å². The lowest BCUT2D eigenvalue weighted by molar-refractivity contribution is -0.143. The molecular formula is C15H23NO2. The van der Waals surface area contributed by atoms with E-state index in [0.717, 1.165) is 0 Å². The van der Waals surface area contributed by atoms with E-state index in [9.17, 15) is 9.90 Å². The number of hydrogen-bond acceptors (Lipinski definition) is 2. The van der Waals surface area contributed by atoms with Gasteiger partial charge in [0, 0.05) is 6.04 Å². The molecule has 3 heteroatoms. The van der Waals surface area contributed by atoms with Crippen molar-refractivity contribution in [1.29, 1.82) is 0 Å². The van der Waals surface area contributed by atoms with E-state index in [1.165, 1.54) is 16.7 Å². The molecule has 1 aromatic carbocycles. The third-order valence-electron chi connectivity index (χ3n) is 3.65. The molecule has 0 amide bonds. The zero-order valence-corrected chi connectivity index (χ0v) is 11.9. The molecule has 0 saturated heterocycles. The van der Waals surface area contributed by atoms with Gasteiger partial charge in [-0.05, 0) is 45.4 Å². The summed E-state index contributed by atoms with van der Waals surface area (Å²) >= 11 is 0. The average molecular weight is 249 g/mol. The predicted octanol–water partition coefficient (Wildman–Crippen LogP) is 3.16. The fourth-order valence-electron chi connectivity index (χ4n) is 2.42. The molecule has 0 bridgehead atoms. The number of carboxylic acid groups (broad SMARTS) is 1. The van der Waals surface area contributed by atoms with E-state index in [1.807, 2.05) is 18.9 Å². The number of hydrogen-bond donors (Lipinski definition) is 1. The second-order valence-electron chi connectivity index (χ2n) is 4.96. The summed E-state index contributed by atoms with van der Waals surface area (Å²) in [5.74, 6) is -0.753. The Hall–Kier alpha value is -1.35. The second-order valence-corrected chi connectivity index (χ2v) is 4.96. The minimum Gasteiger partial charge on any atom is -0.480 e. The van der Waals surface area contributed by atoms with Crippen molar-refractivity contribution in [2.75, 3.05) is 7.05 Å². The minimum absolute atomic E-state index is 0.103. The number of aliphatic carboxylic acids is 1. The molecule has 0 aliphatic heterocycles. The average Bonchev–Trinajstić information content (AvgIpc) is 2.28. The van der Waals surface area contributed by atoms with Crippen molar-refractivity contribution in [2.45, 2.75) is 46.2 Å². The predicted molar refractivity (Wildman–Crippen MR) is 73.8 cm³/mol. The minimum atomic E-state index is -0.753. The topological polar surface area (TPSA) is 40.5 Å². The van der Waals surface area contributed by atoms with Gasteiger partial charge in [0.2, 0.25) is 0 Å². The fraction of sp³-hybridized carbons (Fsp3) is 0.533. The maximum atomic E-state index is 11.2. The van der Waals surface area contributed by atoms with Gasteiger partial charge in [0.05, 0.1) is 0 Å². The molecule has 0 spiro atoms. The van der Waals surface area contributed by atoms with Gasteiger partial charge in [0.1, 0.15) is 6.04 Å². The van der Waals surface area contributed by atoms with Crippen LogP contribution < -0.4 is 0 Å². The molecule has 1 aromatic rings. The van der Waals surface area contributed by atoms with Crippen LogP contribution in [0, 0.1) is 13.8 Å². The van der Waals surface area contributed by atoms with Gasteiger partial charge in [0.15, 0.2) is 0 Å². The maximum Gasteiger partial charge on any atom is 0.320 e. The molecule has 0 heterocycles. The van der Waals surface area contributed by atoms with Crippen molar-refractivity contribution in [2.24, 2.45) is 0 Å². The molecule has 0 aromatic heterocycles. The Labute approximate surface area is 109 Å². The van der Waals surface area contributed by atoms with Crippen molar-refractivity contribution in [3.8, 4) is 0 Å². The van der Waals surface area contributed by atoms with Gasteiger partial charge >= 0.3 is 5.97 Å². The molecule has 0 aliphatic rings. The van der Waals surface area contributed by atoms with Gasteiger partial charge < -0.3 is 5.11 Å². The molecule has 100 valence electrons. The fourth-order valence-corrected chi connectivity index (χ4v) is 2.42. The first kappa shape index (κ1) is 14.7. The maximum absolute atomic E-state index is 11.2. The molecule has 0 aliphatic carbocycles. The SMILES string of the molecule is CCC(C(=O)O)N(C)C(C)c1ccc(C)cc1C. The first-order chi connectivity index (χ1) is 8.38. The Morgan fingerprint density at radius 3 is 2.44 bits per heavy atom.